The van der Waals surface area contributed by atoms with E-state index in [-0.39, 0.29) is 6.04 Å². The lowest BCUT2D eigenvalue weighted by atomic mass is 10.1. The van der Waals surface area contributed by atoms with Crippen LogP contribution in [0, 0.1) is 4.91 Å². The summed E-state index contributed by atoms with van der Waals surface area (Å²) in [7, 11) is 0. The zero-order chi connectivity index (χ0) is 17.5. The third-order valence-electron chi connectivity index (χ3n) is 4.64. The molecular weight excluding hydrogens is 348 g/mol. The van der Waals surface area contributed by atoms with E-state index in [0.29, 0.717) is 0 Å². The van der Waals surface area contributed by atoms with E-state index in [9.17, 15) is 4.91 Å². The van der Waals surface area contributed by atoms with Gasteiger partial charge in [0.2, 0.25) is 0 Å². The zero-order valence-electron chi connectivity index (χ0n) is 13.7. The molecular formula is C18H14N6OS. The van der Waals surface area contributed by atoms with Gasteiger partial charge in [-0.2, -0.15) is 4.91 Å². The van der Waals surface area contributed by atoms with Crippen molar-refractivity contribution in [1.29, 1.82) is 0 Å². The van der Waals surface area contributed by atoms with E-state index in [1.165, 1.54) is 5.56 Å². The van der Waals surface area contributed by atoms with Crippen molar-refractivity contribution in [3.8, 4) is 10.7 Å². The van der Waals surface area contributed by atoms with Crippen molar-refractivity contribution in [2.75, 3.05) is 5.32 Å². The summed E-state index contributed by atoms with van der Waals surface area (Å²) >= 11 is 1.54. The summed E-state index contributed by atoms with van der Waals surface area (Å²) in [5, 5.41) is 9.49. The fourth-order valence-corrected chi connectivity index (χ4v) is 4.06. The van der Waals surface area contributed by atoms with Gasteiger partial charge in [-0.25, -0.2) is 9.97 Å². The van der Waals surface area contributed by atoms with Gasteiger partial charge in [-0.15, -0.1) is 11.3 Å². The first-order chi connectivity index (χ1) is 12.8. The Morgan fingerprint density at radius 2 is 2.27 bits per heavy atom. The molecule has 7 nitrogen and oxygen atoms in total. The molecule has 0 amide bonds. The molecule has 1 atom stereocenters. The minimum absolute atomic E-state index is 0.216. The molecule has 1 N–H and O–H groups in total. The number of aryl methyl sites for hydroxylation is 1. The standard InChI is InChI=1S/C18H14N6OS/c25-23-14-4-1-11-9-12(2-3-13(11)14)21-17-16(18-20-6-8-26-18)22-15-10-19-5-7-24(15)17/h2-3,5-10,14,21H,1,4H2. The van der Waals surface area contributed by atoms with E-state index < -0.39 is 0 Å². The van der Waals surface area contributed by atoms with Gasteiger partial charge in [0.1, 0.15) is 22.6 Å². The Kier molecular flexibility index (Phi) is 3.49. The average Bonchev–Trinajstić information content (AvgIpc) is 3.40. The first-order valence-corrected chi connectivity index (χ1v) is 9.15. The first kappa shape index (κ1) is 15.2. The zero-order valence-corrected chi connectivity index (χ0v) is 14.5. The van der Waals surface area contributed by atoms with E-state index in [4.69, 9.17) is 0 Å². The number of aromatic nitrogens is 4. The quantitative estimate of drug-likeness (QED) is 0.546. The van der Waals surface area contributed by atoms with Crippen molar-refractivity contribution < 1.29 is 0 Å². The topological polar surface area (TPSA) is 84.5 Å². The molecule has 1 aliphatic carbocycles. The highest BCUT2D eigenvalue weighted by Gasteiger charge is 2.24. The highest BCUT2D eigenvalue weighted by molar-refractivity contribution is 7.13. The number of hydrogen-bond donors (Lipinski definition) is 1. The molecule has 3 heterocycles. The van der Waals surface area contributed by atoms with Crippen LogP contribution in [0.2, 0.25) is 0 Å². The molecule has 3 aromatic heterocycles. The molecule has 8 heteroatoms. The van der Waals surface area contributed by atoms with Crippen molar-refractivity contribution in [3.05, 3.63) is 64.4 Å². The summed E-state index contributed by atoms with van der Waals surface area (Å²) in [6.07, 6.45) is 8.76. The largest absolute Gasteiger partial charge is 0.339 e. The first-order valence-electron chi connectivity index (χ1n) is 8.28. The van der Waals surface area contributed by atoms with Crippen LogP contribution >= 0.6 is 11.3 Å². The molecule has 5 rings (SSSR count). The van der Waals surface area contributed by atoms with Crippen LogP contribution in [-0.4, -0.2) is 19.4 Å². The Morgan fingerprint density at radius 1 is 1.31 bits per heavy atom. The maximum atomic E-state index is 10.9. The summed E-state index contributed by atoms with van der Waals surface area (Å²) in [6, 6.07) is 5.85. The SMILES string of the molecule is O=NC1CCc2cc(Nc3c(-c4nccs4)nc4cnccn34)ccc21. The second-order valence-corrected chi connectivity index (χ2v) is 7.04. The molecule has 128 valence electrons. The Morgan fingerprint density at radius 3 is 3.12 bits per heavy atom. The molecule has 26 heavy (non-hydrogen) atoms. The monoisotopic (exact) mass is 362 g/mol. The normalized spacial score (nSPS) is 15.9. The van der Waals surface area contributed by atoms with Crippen molar-refractivity contribution in [3.63, 3.8) is 0 Å². The molecule has 0 saturated carbocycles. The van der Waals surface area contributed by atoms with Crippen LogP contribution in [0.15, 0.2) is 53.5 Å². The Hall–Kier alpha value is -3.13. The highest BCUT2D eigenvalue weighted by atomic mass is 32.1. The van der Waals surface area contributed by atoms with Crippen LogP contribution in [0.5, 0.6) is 0 Å². The smallest absolute Gasteiger partial charge is 0.157 e. The molecule has 0 spiro atoms. The molecule has 0 aliphatic heterocycles. The number of thiazole rings is 1. The van der Waals surface area contributed by atoms with E-state index >= 15 is 0 Å². The number of fused-ring (bicyclic) bond motifs is 2. The van der Waals surface area contributed by atoms with Gasteiger partial charge < -0.3 is 5.32 Å². The Labute approximate surface area is 152 Å². The van der Waals surface area contributed by atoms with Gasteiger partial charge in [0.15, 0.2) is 5.65 Å². The van der Waals surface area contributed by atoms with Gasteiger partial charge in [-0.3, -0.25) is 9.38 Å². The number of nitroso groups, excluding NO2 is 1. The van der Waals surface area contributed by atoms with Crippen LogP contribution in [0.3, 0.4) is 0 Å². The van der Waals surface area contributed by atoms with Crippen LogP contribution in [0.4, 0.5) is 11.5 Å². The third kappa shape index (κ3) is 2.38. The predicted octanol–water partition coefficient (Wildman–Crippen LogP) is 4.35. The van der Waals surface area contributed by atoms with Crippen LogP contribution in [0.1, 0.15) is 23.6 Å². The number of hydrogen-bond acceptors (Lipinski definition) is 7. The molecule has 1 aromatic carbocycles. The minimum Gasteiger partial charge on any atom is -0.339 e. The average molecular weight is 362 g/mol. The minimum atomic E-state index is -0.216. The number of nitrogens with one attached hydrogen (secondary N) is 1. The van der Waals surface area contributed by atoms with Gasteiger partial charge in [0.05, 0.1) is 6.20 Å². The summed E-state index contributed by atoms with van der Waals surface area (Å²) in [5.74, 6) is 0.848. The third-order valence-corrected chi connectivity index (χ3v) is 5.42. The van der Waals surface area contributed by atoms with Gasteiger partial charge in [-0.1, -0.05) is 11.2 Å². The number of benzene rings is 1. The maximum absolute atomic E-state index is 10.9. The highest BCUT2D eigenvalue weighted by Crippen LogP contribution is 2.37. The van der Waals surface area contributed by atoms with Crippen LogP contribution in [-0.2, 0) is 6.42 Å². The lowest BCUT2D eigenvalue weighted by Gasteiger charge is -2.10. The summed E-state index contributed by atoms with van der Waals surface area (Å²) in [4.78, 5) is 24.2. The van der Waals surface area contributed by atoms with E-state index in [0.717, 1.165) is 46.3 Å². The fourth-order valence-electron chi connectivity index (χ4n) is 3.43. The summed E-state index contributed by atoms with van der Waals surface area (Å²) in [6.45, 7) is 0. The van der Waals surface area contributed by atoms with Gasteiger partial charge in [0, 0.05) is 29.7 Å². The van der Waals surface area contributed by atoms with Gasteiger partial charge >= 0.3 is 0 Å². The van der Waals surface area contributed by atoms with Crippen molar-refractivity contribution in [2.24, 2.45) is 5.18 Å². The summed E-state index contributed by atoms with van der Waals surface area (Å²) < 4.78 is 1.97. The second kappa shape index (κ2) is 5.99. The van der Waals surface area contributed by atoms with E-state index in [2.05, 4.69) is 31.5 Å². The molecule has 4 aromatic rings. The lowest BCUT2D eigenvalue weighted by molar-refractivity contribution is 0.710. The molecule has 1 aliphatic rings. The predicted molar refractivity (Wildman–Crippen MR) is 101 cm³/mol. The summed E-state index contributed by atoms with van der Waals surface area (Å²) in [5.41, 5.74) is 4.71. The Balaban J connectivity index is 1.60. The maximum Gasteiger partial charge on any atom is 0.157 e. The van der Waals surface area contributed by atoms with E-state index in [1.807, 2.05) is 28.1 Å². The van der Waals surface area contributed by atoms with Crippen molar-refractivity contribution in [1.82, 2.24) is 19.4 Å². The van der Waals surface area contributed by atoms with Crippen LogP contribution in [0.25, 0.3) is 16.3 Å². The van der Waals surface area contributed by atoms with Crippen molar-refractivity contribution in [2.45, 2.75) is 18.9 Å². The number of imidazole rings is 1. The number of rotatable bonds is 4. The fraction of sp³-hybridized carbons (Fsp3) is 0.167. The lowest BCUT2D eigenvalue weighted by Crippen LogP contribution is -1.98. The number of anilines is 2. The molecule has 0 saturated heterocycles. The van der Waals surface area contributed by atoms with E-state index in [1.54, 1.807) is 29.9 Å². The molecule has 0 radical (unpaired) electrons. The van der Waals surface area contributed by atoms with Crippen molar-refractivity contribution >= 4 is 28.5 Å². The molecule has 1 unspecified atom stereocenters. The molecule has 0 fully saturated rings. The van der Waals surface area contributed by atoms with Gasteiger partial charge in [0.25, 0.3) is 0 Å². The Bertz CT molecular complexity index is 1100. The van der Waals surface area contributed by atoms with Crippen LogP contribution < -0.4 is 5.32 Å². The molecule has 0 bridgehead atoms. The van der Waals surface area contributed by atoms with Gasteiger partial charge in [-0.05, 0) is 36.1 Å². The second-order valence-electron chi connectivity index (χ2n) is 6.15. The number of nitrogens with zero attached hydrogens (tertiary/aromatic N) is 5.